The summed E-state index contributed by atoms with van der Waals surface area (Å²) in [5.41, 5.74) is 9.41. The number of aliphatic imine (C=N–C) groups is 1. The maximum absolute atomic E-state index is 6.80. The van der Waals surface area contributed by atoms with Crippen molar-refractivity contribution < 1.29 is 9.57 Å². The van der Waals surface area contributed by atoms with E-state index in [1.54, 1.807) is 12.1 Å². The van der Waals surface area contributed by atoms with Gasteiger partial charge in [0.2, 0.25) is 11.7 Å². The number of benzene rings is 2. The SMILES string of the molecule is CN1OC2(CC3(CCCc4ccccc4C3)Oc3ccc(C#CC(C)(C)C)cc32)N=C1N. The fourth-order valence-corrected chi connectivity index (χ4v) is 5.04. The maximum Gasteiger partial charge on any atom is 0.222 e. The Bertz CT molecular complexity index is 1150. The van der Waals surface area contributed by atoms with E-state index in [1.165, 1.54) is 11.1 Å². The summed E-state index contributed by atoms with van der Waals surface area (Å²) in [4.78, 5) is 11.2. The lowest BCUT2D eigenvalue weighted by atomic mass is 9.79. The van der Waals surface area contributed by atoms with Crippen molar-refractivity contribution in [3.8, 4) is 17.6 Å². The molecule has 0 radical (unpaired) electrons. The highest BCUT2D eigenvalue weighted by atomic mass is 16.7. The van der Waals surface area contributed by atoms with Gasteiger partial charge in [-0.25, -0.2) is 14.9 Å². The minimum atomic E-state index is -0.898. The number of hydrogen-bond acceptors (Lipinski definition) is 5. The van der Waals surface area contributed by atoms with Gasteiger partial charge in [-0.2, -0.15) is 0 Å². The number of ether oxygens (including phenoxy) is 1. The van der Waals surface area contributed by atoms with Gasteiger partial charge in [0, 0.05) is 30.9 Å². The number of nitrogens with two attached hydrogens (primary N) is 1. The second-order valence-corrected chi connectivity index (χ2v) is 10.3. The fourth-order valence-electron chi connectivity index (χ4n) is 5.04. The summed E-state index contributed by atoms with van der Waals surface area (Å²) in [6, 6.07) is 14.8. The first-order valence-corrected chi connectivity index (χ1v) is 11.4. The Hall–Kier alpha value is -2.97. The summed E-state index contributed by atoms with van der Waals surface area (Å²) in [7, 11) is 1.81. The normalized spacial score (nSPS) is 26.5. The van der Waals surface area contributed by atoms with Gasteiger partial charge in [0.15, 0.2) is 0 Å². The number of hydroxylamine groups is 2. The van der Waals surface area contributed by atoms with Crippen molar-refractivity contribution in [2.75, 3.05) is 7.05 Å². The van der Waals surface area contributed by atoms with Gasteiger partial charge in [-0.3, -0.25) is 0 Å². The van der Waals surface area contributed by atoms with Crippen molar-refractivity contribution in [2.24, 2.45) is 16.1 Å². The summed E-state index contributed by atoms with van der Waals surface area (Å²) in [5, 5.41) is 1.57. The number of aryl methyl sites for hydroxylation is 1. The first-order chi connectivity index (χ1) is 15.2. The van der Waals surface area contributed by atoms with E-state index in [0.29, 0.717) is 12.4 Å². The molecule has 0 aromatic heterocycles. The van der Waals surface area contributed by atoms with Gasteiger partial charge < -0.3 is 10.5 Å². The molecular weight excluding hydrogens is 398 g/mol. The van der Waals surface area contributed by atoms with Gasteiger partial charge in [0.25, 0.3) is 0 Å². The zero-order chi connectivity index (χ0) is 22.6. The highest BCUT2D eigenvalue weighted by Crippen LogP contribution is 2.52. The molecule has 5 nitrogen and oxygen atoms in total. The molecule has 2 spiro atoms. The standard InChI is InChI=1S/C27H31N3O2/c1-25(2,3)15-13-19-11-12-23-22(16-19)27(29-24(28)30(4)32-27)18-26(31-23)14-7-10-20-8-5-6-9-21(20)17-26/h5-6,8-9,11-12,16H,7,10,14,17-18H2,1-4H3,(H2,28,29). The molecule has 2 atom stereocenters. The van der Waals surface area contributed by atoms with Crippen LogP contribution in [0.1, 0.15) is 62.3 Å². The molecule has 2 aromatic rings. The molecule has 2 N–H and O–H groups in total. The third-order valence-corrected chi connectivity index (χ3v) is 6.49. The Balaban J connectivity index is 1.61. The fraction of sp³-hybridized carbons (Fsp3) is 0.444. The van der Waals surface area contributed by atoms with Crippen molar-refractivity contribution in [3.05, 3.63) is 64.7 Å². The van der Waals surface area contributed by atoms with Gasteiger partial charge >= 0.3 is 0 Å². The van der Waals surface area contributed by atoms with Crippen LogP contribution in [0.25, 0.3) is 0 Å². The summed E-state index contributed by atoms with van der Waals surface area (Å²) in [5.74, 6) is 7.81. The third kappa shape index (κ3) is 3.73. The van der Waals surface area contributed by atoms with Crippen LogP contribution in [0.3, 0.4) is 0 Å². The molecule has 0 bridgehead atoms. The van der Waals surface area contributed by atoms with Crippen molar-refractivity contribution in [1.29, 1.82) is 0 Å². The van der Waals surface area contributed by atoms with Crippen molar-refractivity contribution in [1.82, 2.24) is 5.06 Å². The van der Waals surface area contributed by atoms with Gasteiger partial charge in [0.05, 0.1) is 5.56 Å². The zero-order valence-corrected chi connectivity index (χ0v) is 19.4. The van der Waals surface area contributed by atoms with E-state index in [2.05, 4.69) is 62.9 Å². The van der Waals surface area contributed by atoms with Crippen molar-refractivity contribution >= 4 is 5.96 Å². The van der Waals surface area contributed by atoms with E-state index in [0.717, 1.165) is 42.6 Å². The Morgan fingerprint density at radius 3 is 2.62 bits per heavy atom. The number of rotatable bonds is 0. The third-order valence-electron chi connectivity index (χ3n) is 6.49. The van der Waals surface area contributed by atoms with E-state index in [1.807, 2.05) is 12.1 Å². The summed E-state index contributed by atoms with van der Waals surface area (Å²) >= 11 is 0. The lowest BCUT2D eigenvalue weighted by molar-refractivity contribution is -0.204. The molecule has 2 aliphatic heterocycles. The molecule has 0 fully saturated rings. The van der Waals surface area contributed by atoms with E-state index >= 15 is 0 Å². The monoisotopic (exact) mass is 429 g/mol. The lowest BCUT2D eigenvalue weighted by Crippen LogP contribution is -2.49. The van der Waals surface area contributed by atoms with Gasteiger partial charge in [0.1, 0.15) is 11.4 Å². The minimum absolute atomic E-state index is 0.0749. The number of guanidine groups is 1. The minimum Gasteiger partial charge on any atom is -0.486 e. The van der Waals surface area contributed by atoms with E-state index in [-0.39, 0.29) is 5.41 Å². The first kappa shape index (κ1) is 20.9. The predicted octanol–water partition coefficient (Wildman–Crippen LogP) is 4.53. The molecule has 0 saturated carbocycles. The molecule has 32 heavy (non-hydrogen) atoms. The van der Waals surface area contributed by atoms with Crippen molar-refractivity contribution in [3.63, 3.8) is 0 Å². The smallest absolute Gasteiger partial charge is 0.222 e. The quantitative estimate of drug-likeness (QED) is 0.625. The molecule has 2 unspecified atom stereocenters. The summed E-state index contributed by atoms with van der Waals surface area (Å²) < 4.78 is 6.80. The molecule has 0 saturated heterocycles. The van der Waals surface area contributed by atoms with Crippen LogP contribution in [-0.4, -0.2) is 23.7 Å². The van der Waals surface area contributed by atoms with Crippen LogP contribution in [0.15, 0.2) is 47.5 Å². The Labute approximate surface area is 190 Å². The Kier molecular flexibility index (Phi) is 4.76. The maximum atomic E-state index is 6.80. The van der Waals surface area contributed by atoms with E-state index in [9.17, 15) is 0 Å². The molecule has 1 aliphatic carbocycles. The van der Waals surface area contributed by atoms with E-state index < -0.39 is 11.3 Å². The van der Waals surface area contributed by atoms with Gasteiger partial charge in [-0.05, 0) is 69.4 Å². The Morgan fingerprint density at radius 1 is 1.12 bits per heavy atom. The predicted molar refractivity (Wildman–Crippen MR) is 126 cm³/mol. The van der Waals surface area contributed by atoms with Crippen LogP contribution >= 0.6 is 0 Å². The summed E-state index contributed by atoms with van der Waals surface area (Å²) in [6.07, 6.45) is 4.51. The summed E-state index contributed by atoms with van der Waals surface area (Å²) in [6.45, 7) is 6.32. The number of nitrogens with zero attached hydrogens (tertiary/aromatic N) is 2. The molecule has 5 rings (SSSR count). The number of fused-ring (bicyclic) bond motifs is 3. The molecule has 2 heterocycles. The Morgan fingerprint density at radius 2 is 1.91 bits per heavy atom. The average molecular weight is 430 g/mol. The second kappa shape index (κ2) is 7.28. The molecule has 0 amide bonds. The topological polar surface area (TPSA) is 60.1 Å². The molecular formula is C27H31N3O2. The van der Waals surface area contributed by atoms with Crippen LogP contribution < -0.4 is 10.5 Å². The van der Waals surface area contributed by atoms with Crippen molar-refractivity contribution in [2.45, 2.75) is 64.2 Å². The van der Waals surface area contributed by atoms with Gasteiger partial charge in [-0.1, -0.05) is 36.1 Å². The van der Waals surface area contributed by atoms with Crippen LogP contribution in [-0.2, 0) is 23.4 Å². The van der Waals surface area contributed by atoms with Crippen LogP contribution in [0, 0.1) is 17.3 Å². The molecule has 3 aliphatic rings. The first-order valence-electron chi connectivity index (χ1n) is 11.4. The molecule has 2 aromatic carbocycles. The lowest BCUT2D eigenvalue weighted by Gasteiger charge is -2.45. The molecule has 5 heteroatoms. The zero-order valence-electron chi connectivity index (χ0n) is 19.4. The largest absolute Gasteiger partial charge is 0.486 e. The highest BCUT2D eigenvalue weighted by molar-refractivity contribution is 5.79. The molecule has 166 valence electrons. The van der Waals surface area contributed by atoms with Crippen LogP contribution in [0.5, 0.6) is 5.75 Å². The second-order valence-electron chi connectivity index (χ2n) is 10.3. The number of hydrogen-bond donors (Lipinski definition) is 1. The van der Waals surface area contributed by atoms with Crippen LogP contribution in [0.4, 0.5) is 0 Å². The highest BCUT2D eigenvalue weighted by Gasteiger charge is 2.54. The van der Waals surface area contributed by atoms with Gasteiger partial charge in [-0.15, -0.1) is 0 Å². The van der Waals surface area contributed by atoms with E-state index in [4.69, 9.17) is 20.3 Å². The van der Waals surface area contributed by atoms with Crippen LogP contribution in [0.2, 0.25) is 0 Å². The average Bonchev–Trinajstić information content (AvgIpc) is 2.90.